The van der Waals surface area contributed by atoms with Crippen LogP contribution in [0.3, 0.4) is 0 Å². The summed E-state index contributed by atoms with van der Waals surface area (Å²) in [5, 5.41) is 11.4. The van der Waals surface area contributed by atoms with Gasteiger partial charge in [-0.15, -0.1) is 0 Å². The van der Waals surface area contributed by atoms with Gasteiger partial charge in [0, 0.05) is 27.2 Å². The predicted octanol–water partition coefficient (Wildman–Crippen LogP) is 3.49. The molecule has 112 valence electrons. The number of hydrogen-bond donors (Lipinski definition) is 1. The largest absolute Gasteiger partial charge is 0.326 e. The maximum Gasteiger partial charge on any atom is 0.110 e. The van der Waals surface area contributed by atoms with E-state index in [1.165, 1.54) is 0 Å². The molecule has 1 saturated heterocycles. The summed E-state index contributed by atoms with van der Waals surface area (Å²) >= 11 is 0. The summed E-state index contributed by atoms with van der Waals surface area (Å²) in [7, 11) is -2.19. The molecule has 1 aromatic heterocycles. The molecule has 0 atom stereocenters. The fourth-order valence-electron chi connectivity index (χ4n) is 3.64. The Balaban J connectivity index is 2.02. The minimum atomic E-state index is -2.19. The summed E-state index contributed by atoms with van der Waals surface area (Å²) in [5.74, 6) is 1.69. The van der Waals surface area contributed by atoms with Crippen LogP contribution >= 0.6 is 0 Å². The van der Waals surface area contributed by atoms with Crippen LogP contribution in [0, 0.1) is 11.3 Å². The summed E-state index contributed by atoms with van der Waals surface area (Å²) < 4.78 is 15.1. The molecule has 2 aromatic carbocycles. The average molecular weight is 310 g/mol. The molecule has 1 aliphatic heterocycles. The van der Waals surface area contributed by atoms with E-state index in [2.05, 4.69) is 18.2 Å². The van der Waals surface area contributed by atoms with Crippen LogP contribution in [0.25, 0.3) is 21.8 Å². The van der Waals surface area contributed by atoms with Crippen molar-refractivity contribution in [2.45, 2.75) is 24.3 Å². The second-order valence-electron chi connectivity index (χ2n) is 6.01. The molecule has 4 rings (SSSR count). The molecule has 0 unspecified atom stereocenters. The zero-order valence-corrected chi connectivity index (χ0v) is 13.2. The van der Waals surface area contributed by atoms with Gasteiger partial charge in [0.05, 0.1) is 17.1 Å². The Morgan fingerprint density at radius 2 is 1.77 bits per heavy atom. The van der Waals surface area contributed by atoms with Crippen molar-refractivity contribution in [3.63, 3.8) is 0 Å². The first-order valence-corrected chi connectivity index (χ1v) is 9.77. The number of aromatic nitrogens is 1. The van der Waals surface area contributed by atoms with Gasteiger partial charge in [-0.2, -0.15) is 5.26 Å². The lowest BCUT2D eigenvalue weighted by Crippen LogP contribution is -2.13. The second-order valence-corrected chi connectivity index (χ2v) is 9.20. The van der Waals surface area contributed by atoms with E-state index in [-0.39, 0.29) is 0 Å². The molecular formula is C18H18N2OS. The molecular weight excluding hydrogens is 292 g/mol. The van der Waals surface area contributed by atoms with Gasteiger partial charge in [-0.3, -0.25) is 4.21 Å². The monoisotopic (exact) mass is 310 g/mol. The highest BCUT2D eigenvalue weighted by Crippen LogP contribution is 2.34. The minimum absolute atomic E-state index is 0.334. The van der Waals surface area contributed by atoms with Crippen molar-refractivity contribution in [3.8, 4) is 6.07 Å². The van der Waals surface area contributed by atoms with Crippen LogP contribution in [0.15, 0.2) is 47.4 Å². The van der Waals surface area contributed by atoms with Crippen molar-refractivity contribution in [1.29, 1.82) is 5.26 Å². The highest BCUT2D eigenvalue weighted by Gasteiger charge is 2.24. The molecule has 0 amide bonds. The zero-order valence-electron chi connectivity index (χ0n) is 12.3. The molecule has 0 N–H and O–H groups in total. The maximum atomic E-state index is 13.1. The van der Waals surface area contributed by atoms with Crippen molar-refractivity contribution in [2.24, 2.45) is 0 Å². The first-order chi connectivity index (χ1) is 10.7. The van der Waals surface area contributed by atoms with E-state index >= 15 is 0 Å². The summed E-state index contributed by atoms with van der Waals surface area (Å²) in [4.78, 5) is 1.01. The van der Waals surface area contributed by atoms with Crippen LogP contribution in [0.1, 0.15) is 12.8 Å². The van der Waals surface area contributed by atoms with Gasteiger partial charge in [0.25, 0.3) is 0 Å². The number of thiol groups is 1. The fourth-order valence-corrected chi connectivity index (χ4v) is 6.56. The number of nitrogens with zero attached hydrogens (tertiary/aromatic N) is 2. The normalized spacial score (nSPS) is 18.5. The quantitative estimate of drug-likeness (QED) is 0.737. The van der Waals surface area contributed by atoms with E-state index in [1.807, 2.05) is 34.9 Å². The van der Waals surface area contributed by atoms with Crippen molar-refractivity contribution < 1.29 is 4.21 Å². The smallest absolute Gasteiger partial charge is 0.110 e. The third kappa shape index (κ3) is 1.89. The standard InChI is InChI=1S/C18H18N2OS/c19-9-10-20-17-6-2-1-5-15(17)16-13-14(7-8-18(16)20)22(21)11-3-4-12-22/h1-2,5-8,13,22H,3-4,10-12H2. The van der Waals surface area contributed by atoms with Crippen LogP contribution in [0.5, 0.6) is 0 Å². The molecule has 1 fully saturated rings. The average Bonchev–Trinajstić information content (AvgIpc) is 3.12. The van der Waals surface area contributed by atoms with Crippen molar-refractivity contribution >= 4 is 31.7 Å². The van der Waals surface area contributed by atoms with Gasteiger partial charge in [0.2, 0.25) is 0 Å². The van der Waals surface area contributed by atoms with Gasteiger partial charge in [-0.1, -0.05) is 28.1 Å². The number of rotatable bonds is 2. The first kappa shape index (κ1) is 13.5. The molecule has 3 aromatic rings. The van der Waals surface area contributed by atoms with Gasteiger partial charge in [0.15, 0.2) is 0 Å². The first-order valence-electron chi connectivity index (χ1n) is 7.69. The van der Waals surface area contributed by atoms with Crippen LogP contribution in [0.2, 0.25) is 0 Å². The number of hydrogen-bond acceptors (Lipinski definition) is 2. The minimum Gasteiger partial charge on any atom is -0.326 e. The summed E-state index contributed by atoms with van der Waals surface area (Å²) in [6, 6.07) is 16.5. The number of fused-ring (bicyclic) bond motifs is 3. The molecule has 4 heteroatoms. The van der Waals surface area contributed by atoms with Crippen LogP contribution < -0.4 is 0 Å². The zero-order chi connectivity index (χ0) is 15.2. The third-order valence-corrected chi connectivity index (χ3v) is 8.04. The molecule has 22 heavy (non-hydrogen) atoms. The Bertz CT molecular complexity index is 954. The number of nitriles is 1. The molecule has 0 radical (unpaired) electrons. The van der Waals surface area contributed by atoms with Gasteiger partial charge >= 0.3 is 0 Å². The Morgan fingerprint density at radius 1 is 1.05 bits per heavy atom. The van der Waals surface area contributed by atoms with Gasteiger partial charge in [0.1, 0.15) is 6.54 Å². The van der Waals surface area contributed by atoms with E-state index in [4.69, 9.17) is 5.26 Å². The van der Waals surface area contributed by atoms with Gasteiger partial charge < -0.3 is 4.57 Å². The molecule has 0 bridgehead atoms. The summed E-state index contributed by atoms with van der Waals surface area (Å²) in [5.41, 5.74) is 2.12. The Labute approximate surface area is 130 Å². The lowest BCUT2D eigenvalue weighted by molar-refractivity contribution is 0.674. The fraction of sp³-hybridized carbons (Fsp3) is 0.278. The lowest BCUT2D eigenvalue weighted by atomic mass is 10.1. The Morgan fingerprint density at radius 3 is 2.55 bits per heavy atom. The molecule has 1 aliphatic rings. The highest BCUT2D eigenvalue weighted by atomic mass is 32.2. The van der Waals surface area contributed by atoms with Crippen molar-refractivity contribution in [3.05, 3.63) is 42.5 Å². The van der Waals surface area contributed by atoms with Gasteiger partial charge in [-0.25, -0.2) is 0 Å². The van der Waals surface area contributed by atoms with Crippen LogP contribution in [-0.2, 0) is 16.5 Å². The topological polar surface area (TPSA) is 45.8 Å². The van der Waals surface area contributed by atoms with E-state index in [1.54, 1.807) is 0 Å². The molecule has 0 spiro atoms. The van der Waals surface area contributed by atoms with E-state index in [9.17, 15) is 4.21 Å². The molecule has 0 aliphatic carbocycles. The molecule has 3 nitrogen and oxygen atoms in total. The predicted molar refractivity (Wildman–Crippen MR) is 91.8 cm³/mol. The number of benzene rings is 2. The van der Waals surface area contributed by atoms with Gasteiger partial charge in [-0.05, 0) is 37.1 Å². The summed E-state index contributed by atoms with van der Waals surface area (Å²) in [6.45, 7) is 0.334. The van der Waals surface area contributed by atoms with Crippen LogP contribution in [0.4, 0.5) is 0 Å². The third-order valence-electron chi connectivity index (χ3n) is 4.74. The second kappa shape index (κ2) is 4.96. The lowest BCUT2D eigenvalue weighted by Gasteiger charge is -2.17. The van der Waals surface area contributed by atoms with E-state index < -0.39 is 9.93 Å². The maximum absolute atomic E-state index is 13.1. The highest BCUT2D eigenvalue weighted by molar-refractivity contribution is 8.03. The van der Waals surface area contributed by atoms with Crippen molar-refractivity contribution in [1.82, 2.24) is 4.57 Å². The van der Waals surface area contributed by atoms with Crippen molar-refractivity contribution in [2.75, 3.05) is 11.5 Å². The Kier molecular flexibility index (Phi) is 3.05. The molecule has 2 heterocycles. The Hall–Kier alpha value is -2.12. The number of para-hydroxylation sites is 1. The van der Waals surface area contributed by atoms with E-state index in [0.717, 1.165) is 51.0 Å². The summed E-state index contributed by atoms with van der Waals surface area (Å²) in [6.07, 6.45) is 2.15. The van der Waals surface area contributed by atoms with Crippen LogP contribution in [-0.4, -0.2) is 20.3 Å². The van der Waals surface area contributed by atoms with E-state index in [0.29, 0.717) is 6.54 Å². The molecule has 0 saturated carbocycles. The SMILES string of the molecule is N#CCn1c2ccccc2c2cc([SH]3(=O)CCCC3)ccc21.